The van der Waals surface area contributed by atoms with Crippen molar-refractivity contribution in [3.8, 4) is 18.1 Å². The topological polar surface area (TPSA) is 105 Å². The molecule has 3 aromatic rings. The molecule has 226 valence electrons. The van der Waals surface area contributed by atoms with Gasteiger partial charge in [-0.05, 0) is 53.1 Å². The van der Waals surface area contributed by atoms with Crippen LogP contribution in [-0.4, -0.2) is 60.3 Å². The fourth-order valence-corrected chi connectivity index (χ4v) is 3.85. The predicted octanol–water partition coefficient (Wildman–Crippen LogP) is 5.78. The number of carbonyl (C=O) groups is 2. The standard InChI is InChI=1S/C25H25NO2.2C2HF3O2/c1-2-15-27-23-11-9-21(10-12-23)24-13-14-26-17-25(24)28-18-19-7-8-20-5-3-4-6-22(20)16-19;2*3-2(4,5)1(6)7/h1,3-12,16,24-26H,13-15,17-18H2;2*(H,6,7). The summed E-state index contributed by atoms with van der Waals surface area (Å²) in [5.41, 5.74) is 2.50. The average Bonchev–Trinajstić information content (AvgIpc) is 2.95. The normalized spacial score (nSPS) is 16.6. The van der Waals surface area contributed by atoms with Crippen molar-refractivity contribution in [3.05, 3.63) is 77.9 Å². The molecule has 2 unspecified atom stereocenters. The van der Waals surface area contributed by atoms with Crippen LogP contribution >= 0.6 is 0 Å². The highest BCUT2D eigenvalue weighted by Gasteiger charge is 2.38. The van der Waals surface area contributed by atoms with Gasteiger partial charge in [-0.1, -0.05) is 54.5 Å². The van der Waals surface area contributed by atoms with E-state index in [2.05, 4.69) is 65.8 Å². The van der Waals surface area contributed by atoms with E-state index in [9.17, 15) is 26.3 Å². The van der Waals surface area contributed by atoms with E-state index in [1.165, 1.54) is 21.9 Å². The van der Waals surface area contributed by atoms with Gasteiger partial charge in [0.05, 0.1) is 12.7 Å². The van der Waals surface area contributed by atoms with Gasteiger partial charge in [0.15, 0.2) is 0 Å². The van der Waals surface area contributed by atoms with Gasteiger partial charge in [-0.3, -0.25) is 0 Å². The summed E-state index contributed by atoms with van der Waals surface area (Å²) in [4.78, 5) is 17.8. The maximum atomic E-state index is 10.6. The molecule has 0 spiro atoms. The van der Waals surface area contributed by atoms with Crippen molar-refractivity contribution in [2.24, 2.45) is 0 Å². The monoisotopic (exact) mass is 599 g/mol. The lowest BCUT2D eigenvalue weighted by Gasteiger charge is -2.32. The number of fused-ring (bicyclic) bond motifs is 1. The smallest absolute Gasteiger partial charge is 0.481 e. The molecule has 0 saturated carbocycles. The van der Waals surface area contributed by atoms with Gasteiger partial charge in [-0.15, -0.1) is 6.42 Å². The Balaban J connectivity index is 0.000000367. The van der Waals surface area contributed by atoms with Crippen LogP contribution in [0, 0.1) is 12.3 Å². The number of halogens is 6. The number of hydrogen-bond donors (Lipinski definition) is 3. The van der Waals surface area contributed by atoms with Crippen molar-refractivity contribution in [1.82, 2.24) is 5.32 Å². The first-order valence-corrected chi connectivity index (χ1v) is 12.3. The molecule has 1 fully saturated rings. The van der Waals surface area contributed by atoms with Gasteiger partial charge < -0.3 is 25.0 Å². The third-order valence-corrected chi connectivity index (χ3v) is 5.82. The molecule has 1 aliphatic rings. The van der Waals surface area contributed by atoms with Gasteiger partial charge in [0.25, 0.3) is 0 Å². The maximum Gasteiger partial charge on any atom is 0.490 e. The average molecular weight is 600 g/mol. The van der Waals surface area contributed by atoms with E-state index in [1.807, 2.05) is 12.1 Å². The molecule has 0 aromatic heterocycles. The first-order valence-electron chi connectivity index (χ1n) is 12.3. The number of aliphatic carboxylic acids is 2. The third kappa shape index (κ3) is 11.3. The van der Waals surface area contributed by atoms with E-state index < -0.39 is 24.3 Å². The van der Waals surface area contributed by atoms with Gasteiger partial charge >= 0.3 is 24.3 Å². The molecule has 0 aliphatic carbocycles. The Bertz CT molecular complexity index is 1330. The molecule has 1 heterocycles. The first kappa shape index (κ1) is 33.9. The van der Waals surface area contributed by atoms with Crippen LogP contribution in [0.5, 0.6) is 5.75 Å². The second kappa shape index (κ2) is 15.6. The highest BCUT2D eigenvalue weighted by molar-refractivity contribution is 5.83. The number of carboxylic acid groups (broad SMARTS) is 2. The lowest BCUT2D eigenvalue weighted by molar-refractivity contribution is -0.193. The Labute approximate surface area is 237 Å². The van der Waals surface area contributed by atoms with Crippen molar-refractivity contribution in [3.63, 3.8) is 0 Å². The van der Waals surface area contributed by atoms with Gasteiger partial charge in [-0.2, -0.15) is 26.3 Å². The van der Waals surface area contributed by atoms with Gasteiger partial charge in [0.1, 0.15) is 12.4 Å². The quantitative estimate of drug-likeness (QED) is 0.244. The maximum absolute atomic E-state index is 10.6. The lowest BCUT2D eigenvalue weighted by Crippen LogP contribution is -2.40. The Morgan fingerprint density at radius 1 is 0.905 bits per heavy atom. The molecule has 1 aliphatic heterocycles. The Morgan fingerprint density at radius 2 is 1.48 bits per heavy atom. The zero-order valence-electron chi connectivity index (χ0n) is 21.9. The number of carboxylic acids is 2. The van der Waals surface area contributed by atoms with Crippen LogP contribution in [0.4, 0.5) is 26.3 Å². The molecular formula is C29H27F6NO6. The van der Waals surface area contributed by atoms with Gasteiger partial charge in [0, 0.05) is 12.5 Å². The summed E-state index contributed by atoms with van der Waals surface area (Å²) < 4.78 is 75.3. The van der Waals surface area contributed by atoms with Gasteiger partial charge in [0.2, 0.25) is 0 Å². The minimum atomic E-state index is -5.08. The minimum Gasteiger partial charge on any atom is -0.481 e. The molecule has 4 rings (SSSR count). The number of rotatable bonds is 6. The Morgan fingerprint density at radius 3 is 2.02 bits per heavy atom. The number of benzene rings is 3. The third-order valence-electron chi connectivity index (χ3n) is 5.82. The Hall–Kier alpha value is -4.28. The van der Waals surface area contributed by atoms with Crippen molar-refractivity contribution in [2.75, 3.05) is 19.7 Å². The van der Waals surface area contributed by atoms with Crippen LogP contribution in [0.15, 0.2) is 66.7 Å². The lowest BCUT2D eigenvalue weighted by atomic mass is 9.87. The molecule has 2 atom stereocenters. The molecule has 0 amide bonds. The van der Waals surface area contributed by atoms with E-state index in [1.54, 1.807) is 0 Å². The summed E-state index contributed by atoms with van der Waals surface area (Å²) in [6.07, 6.45) is -3.70. The second-order valence-electron chi connectivity index (χ2n) is 8.80. The number of ether oxygens (including phenoxy) is 2. The van der Waals surface area contributed by atoms with Crippen LogP contribution in [0.3, 0.4) is 0 Å². The largest absolute Gasteiger partial charge is 0.490 e. The number of piperidine rings is 1. The summed E-state index contributed by atoms with van der Waals surface area (Å²) in [5.74, 6) is -1.83. The van der Waals surface area contributed by atoms with Gasteiger partial charge in [-0.25, -0.2) is 9.59 Å². The summed E-state index contributed by atoms with van der Waals surface area (Å²) in [6.45, 7) is 2.80. The SMILES string of the molecule is C#CCOc1ccc(C2CCNCC2OCc2ccc3ccccc3c2)cc1.O=C(O)C(F)(F)F.O=C(O)C(F)(F)F. The second-order valence-corrected chi connectivity index (χ2v) is 8.80. The van der Waals surface area contributed by atoms with Crippen LogP contribution in [0.2, 0.25) is 0 Å². The number of nitrogens with one attached hydrogen (secondary N) is 1. The van der Waals surface area contributed by atoms with E-state index in [0.717, 1.165) is 25.3 Å². The van der Waals surface area contributed by atoms with Crippen molar-refractivity contribution >= 4 is 22.7 Å². The molecule has 0 bridgehead atoms. The molecule has 3 aromatic carbocycles. The van der Waals surface area contributed by atoms with Crippen molar-refractivity contribution in [2.45, 2.75) is 37.4 Å². The van der Waals surface area contributed by atoms with E-state index in [-0.39, 0.29) is 6.10 Å². The fraction of sp³-hybridized carbons (Fsp3) is 0.310. The molecule has 13 heteroatoms. The van der Waals surface area contributed by atoms with E-state index >= 15 is 0 Å². The molecular weight excluding hydrogens is 572 g/mol. The summed E-state index contributed by atoms with van der Waals surface area (Å²) >= 11 is 0. The van der Waals surface area contributed by atoms with Crippen LogP contribution in [-0.2, 0) is 20.9 Å². The molecule has 0 radical (unpaired) electrons. The predicted molar refractivity (Wildman–Crippen MR) is 141 cm³/mol. The first-order chi connectivity index (χ1) is 19.7. The highest BCUT2D eigenvalue weighted by Crippen LogP contribution is 2.30. The summed E-state index contributed by atoms with van der Waals surface area (Å²) in [6, 6.07) is 23.2. The Kier molecular flexibility index (Phi) is 12.6. The molecule has 7 nitrogen and oxygen atoms in total. The fourth-order valence-electron chi connectivity index (χ4n) is 3.85. The number of alkyl halides is 6. The van der Waals surface area contributed by atoms with Crippen LogP contribution < -0.4 is 10.1 Å². The van der Waals surface area contributed by atoms with Crippen molar-refractivity contribution in [1.29, 1.82) is 0 Å². The molecule has 1 saturated heterocycles. The number of hydrogen-bond acceptors (Lipinski definition) is 5. The zero-order chi connectivity index (χ0) is 31.3. The minimum absolute atomic E-state index is 0.151. The number of terminal acetylenes is 1. The molecule has 3 N–H and O–H groups in total. The molecule has 42 heavy (non-hydrogen) atoms. The summed E-state index contributed by atoms with van der Waals surface area (Å²) in [7, 11) is 0. The van der Waals surface area contributed by atoms with Crippen LogP contribution in [0.1, 0.15) is 23.5 Å². The zero-order valence-corrected chi connectivity index (χ0v) is 21.9. The highest BCUT2D eigenvalue weighted by atomic mass is 19.4. The summed E-state index contributed by atoms with van der Waals surface area (Å²) in [5, 5.41) is 20.2. The van der Waals surface area contributed by atoms with Crippen LogP contribution in [0.25, 0.3) is 10.8 Å². The van der Waals surface area contributed by atoms with E-state index in [0.29, 0.717) is 19.1 Å². The van der Waals surface area contributed by atoms with E-state index in [4.69, 9.17) is 35.7 Å². The van der Waals surface area contributed by atoms with Crippen molar-refractivity contribution < 1.29 is 55.6 Å².